The highest BCUT2D eigenvalue weighted by Crippen LogP contribution is 2.32. The molecule has 6 heteroatoms. The highest BCUT2D eigenvalue weighted by Gasteiger charge is 2.32. The lowest BCUT2D eigenvalue weighted by Crippen LogP contribution is -2.32. The summed E-state index contributed by atoms with van der Waals surface area (Å²) < 4.78 is 32.5. The van der Waals surface area contributed by atoms with Gasteiger partial charge in [0.05, 0.1) is 6.54 Å². The minimum atomic E-state index is -3.43. The van der Waals surface area contributed by atoms with E-state index in [0.717, 1.165) is 19.4 Å². The van der Waals surface area contributed by atoms with E-state index >= 15 is 0 Å². The van der Waals surface area contributed by atoms with Crippen molar-refractivity contribution in [3.05, 3.63) is 17.6 Å². The van der Waals surface area contributed by atoms with Gasteiger partial charge in [0.2, 0.25) is 10.0 Å². The fourth-order valence-corrected chi connectivity index (χ4v) is 3.95. The molecule has 0 aromatic carbocycles. The second-order valence-electron chi connectivity index (χ2n) is 5.31. The van der Waals surface area contributed by atoms with Crippen LogP contribution in [0.3, 0.4) is 0 Å². The lowest BCUT2D eigenvalue weighted by Gasteiger charge is -2.19. The number of furan rings is 1. The van der Waals surface area contributed by atoms with Crippen molar-refractivity contribution in [1.29, 1.82) is 0 Å². The molecule has 1 fully saturated rings. The monoisotopic (exact) mass is 300 g/mol. The van der Waals surface area contributed by atoms with E-state index in [1.807, 2.05) is 13.8 Å². The smallest absolute Gasteiger partial charge is 0.246 e. The molecule has 1 heterocycles. The van der Waals surface area contributed by atoms with E-state index < -0.39 is 10.0 Å². The van der Waals surface area contributed by atoms with Gasteiger partial charge < -0.3 is 9.73 Å². The minimum Gasteiger partial charge on any atom is -0.464 e. The fraction of sp³-hybridized carbons (Fsp3) is 0.714. The first kappa shape index (κ1) is 15.5. The highest BCUT2D eigenvalue weighted by molar-refractivity contribution is 7.89. The molecule has 1 aliphatic rings. The maximum Gasteiger partial charge on any atom is 0.246 e. The third-order valence-electron chi connectivity index (χ3n) is 3.60. The summed E-state index contributed by atoms with van der Waals surface area (Å²) in [5, 5.41) is 3.14. The predicted octanol–water partition coefficient (Wildman–Crippen LogP) is 2.12. The number of nitrogens with zero attached hydrogens (tertiary/aromatic N) is 1. The van der Waals surface area contributed by atoms with Crippen molar-refractivity contribution in [3.63, 3.8) is 0 Å². The van der Waals surface area contributed by atoms with Crippen molar-refractivity contribution >= 4 is 10.0 Å². The van der Waals surface area contributed by atoms with Crippen molar-refractivity contribution in [2.45, 2.75) is 45.1 Å². The summed E-state index contributed by atoms with van der Waals surface area (Å²) in [7, 11) is -3.43. The molecular weight excluding hydrogens is 276 g/mol. The lowest BCUT2D eigenvalue weighted by molar-refractivity contribution is 0.409. The molecule has 114 valence electrons. The Kier molecular flexibility index (Phi) is 4.88. The molecule has 1 N–H and O–H groups in total. The quantitative estimate of drug-likeness (QED) is 0.799. The molecule has 1 aromatic rings. The molecule has 1 aliphatic carbocycles. The topological polar surface area (TPSA) is 62.6 Å². The molecule has 0 spiro atoms. The van der Waals surface area contributed by atoms with Crippen molar-refractivity contribution < 1.29 is 12.8 Å². The zero-order valence-corrected chi connectivity index (χ0v) is 13.3. The third kappa shape index (κ3) is 3.42. The van der Waals surface area contributed by atoms with Gasteiger partial charge in [0, 0.05) is 19.2 Å². The van der Waals surface area contributed by atoms with Crippen LogP contribution in [0.1, 0.15) is 38.2 Å². The highest BCUT2D eigenvalue weighted by atomic mass is 32.2. The van der Waals surface area contributed by atoms with Gasteiger partial charge in [-0.05, 0) is 32.2 Å². The first-order chi connectivity index (χ1) is 9.48. The second-order valence-corrected chi connectivity index (χ2v) is 7.22. The van der Waals surface area contributed by atoms with Crippen LogP contribution in [0.15, 0.2) is 15.4 Å². The molecule has 1 saturated carbocycles. The van der Waals surface area contributed by atoms with E-state index in [9.17, 15) is 8.42 Å². The summed E-state index contributed by atoms with van der Waals surface area (Å²) in [4.78, 5) is 0.313. The number of hydrogen-bond acceptors (Lipinski definition) is 4. The Hall–Kier alpha value is -0.850. The Labute approximate surface area is 121 Å². The minimum absolute atomic E-state index is 0.313. The standard InChI is InChI=1S/C14H24N2O3S/c1-4-15-9-13-8-14(11(3)19-13)20(17,18)16(5-2)10-12-6-7-12/h8,12,15H,4-7,9-10H2,1-3H3. The molecule has 0 bridgehead atoms. The van der Waals surface area contributed by atoms with E-state index in [1.165, 1.54) is 0 Å². The molecule has 2 rings (SSSR count). The number of aryl methyl sites for hydroxylation is 1. The number of sulfonamides is 1. The lowest BCUT2D eigenvalue weighted by atomic mass is 10.4. The van der Waals surface area contributed by atoms with E-state index in [4.69, 9.17) is 4.42 Å². The van der Waals surface area contributed by atoms with E-state index in [1.54, 1.807) is 17.3 Å². The average Bonchev–Trinajstić information content (AvgIpc) is 3.15. The molecule has 0 radical (unpaired) electrons. The number of hydrogen-bond donors (Lipinski definition) is 1. The molecule has 5 nitrogen and oxygen atoms in total. The van der Waals surface area contributed by atoms with E-state index in [2.05, 4.69) is 5.32 Å². The van der Waals surface area contributed by atoms with Crippen LogP contribution in [-0.2, 0) is 16.6 Å². The molecule has 0 unspecified atom stereocenters. The zero-order chi connectivity index (χ0) is 14.8. The van der Waals surface area contributed by atoms with Gasteiger partial charge in [0.15, 0.2) is 0 Å². The molecule has 20 heavy (non-hydrogen) atoms. The van der Waals surface area contributed by atoms with Gasteiger partial charge in [-0.3, -0.25) is 0 Å². The number of rotatable bonds is 8. The van der Waals surface area contributed by atoms with Crippen molar-refractivity contribution in [2.24, 2.45) is 5.92 Å². The fourth-order valence-electron chi connectivity index (χ4n) is 2.24. The largest absolute Gasteiger partial charge is 0.464 e. The zero-order valence-electron chi connectivity index (χ0n) is 12.5. The van der Waals surface area contributed by atoms with Crippen LogP contribution in [0.5, 0.6) is 0 Å². The Morgan fingerprint density at radius 2 is 2.10 bits per heavy atom. The average molecular weight is 300 g/mol. The van der Waals surface area contributed by atoms with E-state index in [0.29, 0.717) is 42.0 Å². The van der Waals surface area contributed by atoms with Crippen LogP contribution in [0.2, 0.25) is 0 Å². The summed E-state index contributed by atoms with van der Waals surface area (Å²) in [6.07, 6.45) is 2.28. The first-order valence-corrected chi connectivity index (χ1v) is 8.73. The Morgan fingerprint density at radius 1 is 1.40 bits per heavy atom. The Bertz CT molecular complexity index is 547. The van der Waals surface area contributed by atoms with Gasteiger partial charge in [-0.25, -0.2) is 8.42 Å². The molecule has 0 amide bonds. The number of nitrogens with one attached hydrogen (secondary N) is 1. The van der Waals surface area contributed by atoms with Crippen LogP contribution in [0.4, 0.5) is 0 Å². The van der Waals surface area contributed by atoms with Crippen LogP contribution in [0, 0.1) is 12.8 Å². The van der Waals surface area contributed by atoms with Crippen LogP contribution < -0.4 is 5.32 Å². The van der Waals surface area contributed by atoms with Crippen LogP contribution in [0.25, 0.3) is 0 Å². The van der Waals surface area contributed by atoms with Gasteiger partial charge in [-0.15, -0.1) is 0 Å². The maximum absolute atomic E-state index is 12.7. The van der Waals surface area contributed by atoms with Crippen molar-refractivity contribution in [1.82, 2.24) is 9.62 Å². The van der Waals surface area contributed by atoms with Gasteiger partial charge in [-0.2, -0.15) is 4.31 Å². The maximum atomic E-state index is 12.7. The predicted molar refractivity (Wildman–Crippen MR) is 78.0 cm³/mol. The van der Waals surface area contributed by atoms with Gasteiger partial charge in [0.1, 0.15) is 16.4 Å². The van der Waals surface area contributed by atoms with Crippen molar-refractivity contribution in [2.75, 3.05) is 19.6 Å². The van der Waals surface area contributed by atoms with Gasteiger partial charge >= 0.3 is 0 Å². The third-order valence-corrected chi connectivity index (χ3v) is 5.65. The van der Waals surface area contributed by atoms with Crippen molar-refractivity contribution in [3.8, 4) is 0 Å². The van der Waals surface area contributed by atoms with E-state index in [-0.39, 0.29) is 0 Å². The normalized spacial score (nSPS) is 16.0. The van der Waals surface area contributed by atoms with Gasteiger partial charge in [0.25, 0.3) is 0 Å². The summed E-state index contributed by atoms with van der Waals surface area (Å²) in [6.45, 7) is 8.12. The van der Waals surface area contributed by atoms with Gasteiger partial charge in [-0.1, -0.05) is 13.8 Å². The summed E-state index contributed by atoms with van der Waals surface area (Å²) in [5.41, 5.74) is 0. The summed E-state index contributed by atoms with van der Waals surface area (Å²) in [5.74, 6) is 1.69. The molecule has 1 aromatic heterocycles. The summed E-state index contributed by atoms with van der Waals surface area (Å²) >= 11 is 0. The molecule has 0 atom stereocenters. The van der Waals surface area contributed by atoms with Crippen LogP contribution >= 0.6 is 0 Å². The summed E-state index contributed by atoms with van der Waals surface area (Å²) in [6, 6.07) is 1.66. The molecule has 0 aliphatic heterocycles. The molecule has 0 saturated heterocycles. The first-order valence-electron chi connectivity index (χ1n) is 7.29. The van der Waals surface area contributed by atoms with Crippen LogP contribution in [-0.4, -0.2) is 32.4 Å². The SMILES string of the molecule is CCNCc1cc(S(=O)(=O)N(CC)CC2CC2)c(C)o1. The Morgan fingerprint density at radius 3 is 2.65 bits per heavy atom. The molecular formula is C14H24N2O3S. The second kappa shape index (κ2) is 6.28. The Balaban J connectivity index is 2.20.